The van der Waals surface area contributed by atoms with E-state index >= 15 is 0 Å². The third kappa shape index (κ3) is 6.24. The van der Waals surface area contributed by atoms with Gasteiger partial charge in [-0.25, -0.2) is 4.79 Å². The Balaban J connectivity index is 4.70. The largest absolute Gasteiger partial charge is 0.444 e. The number of aliphatic hydroxyl groups excluding tert-OH is 1. The van der Waals surface area contributed by atoms with Crippen LogP contribution in [0.4, 0.5) is 4.79 Å². The lowest BCUT2D eigenvalue weighted by molar-refractivity contribution is 0.00284. The standard InChI is InChI=1S/C14H29NO3/c1-9(2)10(11(16)13(3,4)5)15-12(17)18-14(6,7)8/h9-11,16H,1-8H3,(H,15,17). The molecule has 18 heavy (non-hydrogen) atoms. The molecule has 0 heterocycles. The number of amides is 1. The second kappa shape index (κ2) is 5.91. The third-order valence-corrected chi connectivity index (χ3v) is 2.63. The number of rotatable bonds is 3. The molecule has 108 valence electrons. The lowest BCUT2D eigenvalue weighted by Gasteiger charge is -2.36. The van der Waals surface area contributed by atoms with Gasteiger partial charge in [-0.3, -0.25) is 0 Å². The highest BCUT2D eigenvalue weighted by molar-refractivity contribution is 5.68. The van der Waals surface area contributed by atoms with E-state index in [1.54, 1.807) is 0 Å². The predicted molar refractivity (Wildman–Crippen MR) is 73.5 cm³/mol. The van der Waals surface area contributed by atoms with Gasteiger partial charge in [-0.1, -0.05) is 34.6 Å². The van der Waals surface area contributed by atoms with Crippen molar-refractivity contribution in [2.45, 2.75) is 73.1 Å². The van der Waals surface area contributed by atoms with Gasteiger partial charge >= 0.3 is 6.09 Å². The number of ether oxygens (including phenoxy) is 1. The highest BCUT2D eigenvalue weighted by Crippen LogP contribution is 2.25. The topological polar surface area (TPSA) is 58.6 Å². The summed E-state index contributed by atoms with van der Waals surface area (Å²) in [5.41, 5.74) is -0.817. The van der Waals surface area contributed by atoms with E-state index in [0.717, 1.165) is 0 Å². The summed E-state index contributed by atoms with van der Waals surface area (Å²) in [4.78, 5) is 11.8. The van der Waals surface area contributed by atoms with Gasteiger partial charge in [-0.2, -0.15) is 0 Å². The molecule has 2 N–H and O–H groups in total. The molecule has 0 saturated carbocycles. The highest BCUT2D eigenvalue weighted by Gasteiger charge is 2.34. The zero-order valence-electron chi connectivity index (χ0n) is 13.0. The maximum atomic E-state index is 11.8. The van der Waals surface area contributed by atoms with Crippen LogP contribution in [0, 0.1) is 11.3 Å². The Morgan fingerprint density at radius 1 is 1.11 bits per heavy atom. The Morgan fingerprint density at radius 3 is 1.83 bits per heavy atom. The van der Waals surface area contributed by atoms with Crippen molar-refractivity contribution in [3.05, 3.63) is 0 Å². The minimum Gasteiger partial charge on any atom is -0.444 e. The Bertz CT molecular complexity index is 274. The molecular formula is C14H29NO3. The van der Waals surface area contributed by atoms with Gasteiger partial charge in [0.2, 0.25) is 0 Å². The summed E-state index contributed by atoms with van der Waals surface area (Å²) < 4.78 is 5.22. The molecule has 0 rings (SSSR count). The van der Waals surface area contributed by atoms with Crippen LogP contribution in [0.3, 0.4) is 0 Å². The van der Waals surface area contributed by atoms with E-state index in [1.165, 1.54) is 0 Å². The first-order valence-corrected chi connectivity index (χ1v) is 6.52. The van der Waals surface area contributed by atoms with Gasteiger partial charge in [-0.05, 0) is 32.1 Å². The summed E-state index contributed by atoms with van der Waals surface area (Å²) in [6.45, 7) is 15.2. The van der Waals surface area contributed by atoms with E-state index in [0.29, 0.717) is 0 Å². The zero-order valence-corrected chi connectivity index (χ0v) is 13.0. The van der Waals surface area contributed by atoms with Gasteiger partial charge in [-0.15, -0.1) is 0 Å². The van der Waals surface area contributed by atoms with Gasteiger partial charge in [0, 0.05) is 0 Å². The molecule has 0 saturated heterocycles. The second-order valence-corrected chi connectivity index (χ2v) is 7.23. The molecule has 4 heteroatoms. The summed E-state index contributed by atoms with van der Waals surface area (Å²) in [5.74, 6) is 0.131. The number of aliphatic hydroxyl groups is 1. The quantitative estimate of drug-likeness (QED) is 0.819. The lowest BCUT2D eigenvalue weighted by atomic mass is 9.81. The van der Waals surface area contributed by atoms with Crippen LogP contribution in [-0.4, -0.2) is 28.9 Å². The molecule has 2 atom stereocenters. The van der Waals surface area contributed by atoms with Crippen LogP contribution in [-0.2, 0) is 4.74 Å². The van der Waals surface area contributed by atoms with Crippen LogP contribution in [0.5, 0.6) is 0 Å². The van der Waals surface area contributed by atoms with Crippen molar-refractivity contribution >= 4 is 6.09 Å². The van der Waals surface area contributed by atoms with Gasteiger partial charge in [0.1, 0.15) is 5.60 Å². The third-order valence-electron chi connectivity index (χ3n) is 2.63. The van der Waals surface area contributed by atoms with E-state index < -0.39 is 17.8 Å². The number of alkyl carbamates (subject to hydrolysis) is 1. The van der Waals surface area contributed by atoms with Crippen LogP contribution < -0.4 is 5.32 Å². The molecule has 1 amide bonds. The van der Waals surface area contributed by atoms with Crippen molar-refractivity contribution < 1.29 is 14.6 Å². The molecule has 0 aliphatic rings. The maximum absolute atomic E-state index is 11.8. The molecule has 0 aliphatic carbocycles. The molecule has 0 aromatic rings. The fourth-order valence-electron chi connectivity index (χ4n) is 1.59. The molecule has 0 bridgehead atoms. The number of nitrogens with one attached hydrogen (secondary N) is 1. The summed E-state index contributed by atoms with van der Waals surface area (Å²) in [7, 11) is 0. The van der Waals surface area contributed by atoms with Gasteiger partial charge in [0.25, 0.3) is 0 Å². The highest BCUT2D eigenvalue weighted by atomic mass is 16.6. The molecule has 0 aromatic heterocycles. The summed E-state index contributed by atoms with van der Waals surface area (Å²) >= 11 is 0. The fraction of sp³-hybridized carbons (Fsp3) is 0.929. The van der Waals surface area contributed by atoms with Crippen molar-refractivity contribution in [2.24, 2.45) is 11.3 Å². The fourth-order valence-corrected chi connectivity index (χ4v) is 1.59. The van der Waals surface area contributed by atoms with Gasteiger partial charge in [0.05, 0.1) is 12.1 Å². The molecular weight excluding hydrogens is 230 g/mol. The van der Waals surface area contributed by atoms with Crippen molar-refractivity contribution in [3.63, 3.8) is 0 Å². The Morgan fingerprint density at radius 2 is 1.56 bits per heavy atom. The van der Waals surface area contributed by atoms with Crippen LogP contribution >= 0.6 is 0 Å². The van der Waals surface area contributed by atoms with Crippen LogP contribution in [0.1, 0.15) is 55.4 Å². The molecule has 0 aromatic carbocycles. The molecule has 0 radical (unpaired) electrons. The second-order valence-electron chi connectivity index (χ2n) is 7.23. The average Bonchev–Trinajstić information content (AvgIpc) is 2.08. The van der Waals surface area contributed by atoms with E-state index in [1.807, 2.05) is 55.4 Å². The van der Waals surface area contributed by atoms with E-state index in [4.69, 9.17) is 4.74 Å². The van der Waals surface area contributed by atoms with Crippen molar-refractivity contribution in [1.82, 2.24) is 5.32 Å². The van der Waals surface area contributed by atoms with Crippen LogP contribution in [0.15, 0.2) is 0 Å². The molecule has 0 aliphatic heterocycles. The van der Waals surface area contributed by atoms with Crippen molar-refractivity contribution in [2.75, 3.05) is 0 Å². The Labute approximate surface area is 111 Å². The first kappa shape index (κ1) is 17.2. The van der Waals surface area contributed by atoms with Gasteiger partial charge in [0.15, 0.2) is 0 Å². The van der Waals surface area contributed by atoms with Crippen molar-refractivity contribution in [3.8, 4) is 0 Å². The van der Waals surface area contributed by atoms with Gasteiger partial charge < -0.3 is 15.2 Å². The Hall–Kier alpha value is -0.770. The summed E-state index contributed by atoms with van der Waals surface area (Å²) in [6.07, 6.45) is -1.10. The molecule has 2 unspecified atom stereocenters. The smallest absolute Gasteiger partial charge is 0.407 e. The number of carbonyl (C=O) groups is 1. The minimum absolute atomic E-state index is 0.131. The molecule has 0 spiro atoms. The molecule has 4 nitrogen and oxygen atoms in total. The Kier molecular flexibility index (Phi) is 5.66. The van der Waals surface area contributed by atoms with Crippen LogP contribution in [0.2, 0.25) is 0 Å². The lowest BCUT2D eigenvalue weighted by Crippen LogP contribution is -2.52. The molecule has 0 fully saturated rings. The predicted octanol–water partition coefficient (Wildman–Crippen LogP) is 2.94. The first-order chi connectivity index (χ1) is 7.84. The minimum atomic E-state index is -0.620. The maximum Gasteiger partial charge on any atom is 0.407 e. The summed E-state index contributed by atoms with van der Waals surface area (Å²) in [5, 5.41) is 13.1. The number of hydrogen-bond acceptors (Lipinski definition) is 3. The monoisotopic (exact) mass is 259 g/mol. The van der Waals surface area contributed by atoms with Crippen molar-refractivity contribution in [1.29, 1.82) is 0 Å². The summed E-state index contributed by atoms with van der Waals surface area (Å²) in [6, 6.07) is -0.320. The van der Waals surface area contributed by atoms with E-state index in [9.17, 15) is 9.90 Å². The average molecular weight is 259 g/mol. The van der Waals surface area contributed by atoms with E-state index in [2.05, 4.69) is 5.32 Å². The van der Waals surface area contributed by atoms with E-state index in [-0.39, 0.29) is 17.4 Å². The SMILES string of the molecule is CC(C)C(NC(=O)OC(C)(C)C)C(O)C(C)(C)C. The normalized spacial score (nSPS) is 16.3. The number of carbonyl (C=O) groups excluding carboxylic acids is 1. The number of hydrogen-bond donors (Lipinski definition) is 2. The van der Waals surface area contributed by atoms with Crippen LogP contribution in [0.25, 0.3) is 0 Å². The zero-order chi connectivity index (χ0) is 14.7. The first-order valence-electron chi connectivity index (χ1n) is 6.52.